The Hall–Kier alpha value is -1.63. The van der Waals surface area contributed by atoms with E-state index in [-0.39, 0.29) is 24.3 Å². The van der Waals surface area contributed by atoms with Crippen molar-refractivity contribution in [2.45, 2.75) is 25.9 Å². The Balaban J connectivity index is 1.76. The summed E-state index contributed by atoms with van der Waals surface area (Å²) < 4.78 is 0. The van der Waals surface area contributed by atoms with Crippen LogP contribution < -0.4 is 10.6 Å². The lowest BCUT2D eigenvalue weighted by Gasteiger charge is -2.04. The zero-order chi connectivity index (χ0) is 12.4. The van der Waals surface area contributed by atoms with Gasteiger partial charge in [0.2, 0.25) is 0 Å². The molecule has 0 saturated heterocycles. The molecule has 1 saturated carbocycles. The van der Waals surface area contributed by atoms with E-state index in [0.29, 0.717) is 10.9 Å². The summed E-state index contributed by atoms with van der Waals surface area (Å²) in [6.45, 7) is 2.33. The topological polar surface area (TPSA) is 91.3 Å². The molecule has 1 aliphatic carbocycles. The average molecular weight is 255 g/mol. The molecule has 0 aromatic carbocycles. The molecule has 2 unspecified atom stereocenters. The average Bonchev–Trinajstić information content (AvgIpc) is 2.81. The van der Waals surface area contributed by atoms with Crippen molar-refractivity contribution in [1.29, 1.82) is 0 Å². The third kappa shape index (κ3) is 3.16. The molecule has 3 N–H and O–H groups in total. The summed E-state index contributed by atoms with van der Waals surface area (Å²) in [5, 5.41) is 16.2. The van der Waals surface area contributed by atoms with Crippen LogP contribution in [0.3, 0.4) is 0 Å². The summed E-state index contributed by atoms with van der Waals surface area (Å²) in [7, 11) is 0. The molecule has 1 aromatic rings. The van der Waals surface area contributed by atoms with Crippen molar-refractivity contribution in [3.8, 4) is 0 Å². The molecule has 0 bridgehead atoms. The number of carbonyl (C=O) groups is 2. The largest absolute Gasteiger partial charge is 0.476 e. The summed E-state index contributed by atoms with van der Waals surface area (Å²) >= 11 is 1.22. The quantitative estimate of drug-likeness (QED) is 0.750. The molecule has 2 atom stereocenters. The summed E-state index contributed by atoms with van der Waals surface area (Å²) in [4.78, 5) is 25.8. The van der Waals surface area contributed by atoms with Crippen LogP contribution in [0.25, 0.3) is 0 Å². The lowest BCUT2D eigenvalue weighted by atomic mass is 10.5. The van der Waals surface area contributed by atoms with Gasteiger partial charge in [0.15, 0.2) is 5.69 Å². The standard InChI is InChI=1S/C10H13N3O3S/c1-5-2-6(5)13-10(16)11-3-8-12-7(4-17-8)9(14)15/h4-6H,2-3H2,1H3,(H,14,15)(H2,11,13,16). The number of aromatic nitrogens is 1. The number of carboxylic acid groups (broad SMARTS) is 1. The smallest absolute Gasteiger partial charge is 0.355 e. The first-order chi connectivity index (χ1) is 8.06. The molecule has 2 amide bonds. The van der Waals surface area contributed by atoms with Gasteiger partial charge in [-0.3, -0.25) is 0 Å². The van der Waals surface area contributed by atoms with E-state index in [4.69, 9.17) is 5.11 Å². The first kappa shape index (κ1) is 11.8. The number of hydrogen-bond donors (Lipinski definition) is 3. The molecule has 17 heavy (non-hydrogen) atoms. The summed E-state index contributed by atoms with van der Waals surface area (Å²) in [5.74, 6) is -0.497. The fraction of sp³-hybridized carbons (Fsp3) is 0.500. The molecule has 1 aliphatic rings. The second kappa shape index (κ2) is 4.70. The van der Waals surface area contributed by atoms with Crippen LogP contribution in [-0.4, -0.2) is 28.1 Å². The Morgan fingerprint density at radius 3 is 2.88 bits per heavy atom. The highest BCUT2D eigenvalue weighted by atomic mass is 32.1. The van der Waals surface area contributed by atoms with Crippen molar-refractivity contribution in [1.82, 2.24) is 15.6 Å². The highest BCUT2D eigenvalue weighted by molar-refractivity contribution is 7.09. The molecule has 1 fully saturated rings. The van der Waals surface area contributed by atoms with Crippen molar-refractivity contribution < 1.29 is 14.7 Å². The molecular weight excluding hydrogens is 242 g/mol. The number of rotatable bonds is 4. The molecule has 6 nitrogen and oxygen atoms in total. The molecular formula is C10H13N3O3S. The van der Waals surface area contributed by atoms with Crippen LogP contribution in [0.2, 0.25) is 0 Å². The SMILES string of the molecule is CC1CC1NC(=O)NCc1nc(C(=O)O)cs1. The maximum Gasteiger partial charge on any atom is 0.355 e. The maximum absolute atomic E-state index is 11.4. The second-order valence-electron chi connectivity index (χ2n) is 4.08. The second-order valence-corrected chi connectivity index (χ2v) is 5.02. The number of carbonyl (C=O) groups excluding carboxylic acids is 1. The molecule has 1 aromatic heterocycles. The summed E-state index contributed by atoms with van der Waals surface area (Å²) in [5.41, 5.74) is 0.0167. The highest BCUT2D eigenvalue weighted by Crippen LogP contribution is 2.28. The Bertz CT molecular complexity index is 446. The van der Waals surface area contributed by atoms with E-state index in [0.717, 1.165) is 6.42 Å². The van der Waals surface area contributed by atoms with E-state index >= 15 is 0 Å². The first-order valence-corrected chi connectivity index (χ1v) is 6.16. The molecule has 7 heteroatoms. The molecule has 1 heterocycles. The molecule has 2 rings (SSSR count). The number of nitrogens with zero attached hydrogens (tertiary/aromatic N) is 1. The molecule has 0 spiro atoms. The van der Waals surface area contributed by atoms with E-state index in [1.54, 1.807) is 0 Å². The van der Waals surface area contributed by atoms with Gasteiger partial charge in [-0.05, 0) is 12.3 Å². The van der Waals surface area contributed by atoms with Crippen LogP contribution in [0.4, 0.5) is 4.79 Å². The van der Waals surface area contributed by atoms with E-state index in [1.807, 2.05) is 0 Å². The van der Waals surface area contributed by atoms with Crippen LogP contribution in [0.5, 0.6) is 0 Å². The number of carboxylic acids is 1. The monoisotopic (exact) mass is 255 g/mol. The van der Waals surface area contributed by atoms with Gasteiger partial charge < -0.3 is 15.7 Å². The minimum Gasteiger partial charge on any atom is -0.476 e. The van der Waals surface area contributed by atoms with Crippen LogP contribution in [0.1, 0.15) is 28.8 Å². The lowest BCUT2D eigenvalue weighted by Crippen LogP contribution is -2.36. The zero-order valence-corrected chi connectivity index (χ0v) is 10.1. The molecule has 0 aliphatic heterocycles. The van der Waals surface area contributed by atoms with Crippen molar-refractivity contribution in [3.63, 3.8) is 0 Å². The Morgan fingerprint density at radius 2 is 2.35 bits per heavy atom. The fourth-order valence-corrected chi connectivity index (χ4v) is 2.10. The lowest BCUT2D eigenvalue weighted by molar-refractivity contribution is 0.0691. The summed E-state index contributed by atoms with van der Waals surface area (Å²) in [6, 6.07) is 0.0484. The van der Waals surface area contributed by atoms with Crippen LogP contribution in [0, 0.1) is 5.92 Å². The number of nitrogens with one attached hydrogen (secondary N) is 2. The molecule has 92 valence electrons. The van der Waals surface area contributed by atoms with Gasteiger partial charge in [-0.15, -0.1) is 11.3 Å². The van der Waals surface area contributed by atoms with Crippen LogP contribution in [-0.2, 0) is 6.54 Å². The van der Waals surface area contributed by atoms with Crippen LogP contribution in [0.15, 0.2) is 5.38 Å². The van der Waals surface area contributed by atoms with Crippen molar-refractivity contribution in [2.75, 3.05) is 0 Å². The van der Waals surface area contributed by atoms with Crippen molar-refractivity contribution >= 4 is 23.3 Å². The van der Waals surface area contributed by atoms with Gasteiger partial charge in [-0.1, -0.05) is 6.92 Å². The molecule has 0 radical (unpaired) electrons. The normalized spacial score (nSPS) is 21.9. The van der Waals surface area contributed by atoms with Crippen molar-refractivity contribution in [2.24, 2.45) is 5.92 Å². The van der Waals surface area contributed by atoms with Gasteiger partial charge in [-0.2, -0.15) is 0 Å². The van der Waals surface area contributed by atoms with Gasteiger partial charge >= 0.3 is 12.0 Å². The Morgan fingerprint density at radius 1 is 1.65 bits per heavy atom. The van der Waals surface area contributed by atoms with E-state index < -0.39 is 5.97 Å². The zero-order valence-electron chi connectivity index (χ0n) is 9.27. The maximum atomic E-state index is 11.4. The Labute approximate surface area is 102 Å². The Kier molecular flexibility index (Phi) is 3.28. The number of amides is 2. The van der Waals surface area contributed by atoms with Crippen LogP contribution >= 0.6 is 11.3 Å². The van der Waals surface area contributed by atoms with Crippen molar-refractivity contribution in [3.05, 3.63) is 16.1 Å². The van der Waals surface area contributed by atoms with Gasteiger partial charge in [-0.25, -0.2) is 14.6 Å². The van der Waals surface area contributed by atoms with Gasteiger partial charge in [0.25, 0.3) is 0 Å². The highest BCUT2D eigenvalue weighted by Gasteiger charge is 2.33. The fourth-order valence-electron chi connectivity index (χ4n) is 1.39. The van der Waals surface area contributed by atoms with E-state index in [1.165, 1.54) is 16.7 Å². The predicted molar refractivity (Wildman–Crippen MR) is 62.0 cm³/mol. The third-order valence-electron chi connectivity index (χ3n) is 2.60. The van der Waals surface area contributed by atoms with Gasteiger partial charge in [0.1, 0.15) is 5.01 Å². The van der Waals surface area contributed by atoms with E-state index in [9.17, 15) is 9.59 Å². The number of thiazole rings is 1. The van der Waals surface area contributed by atoms with Gasteiger partial charge in [0, 0.05) is 11.4 Å². The first-order valence-electron chi connectivity index (χ1n) is 5.28. The van der Waals surface area contributed by atoms with E-state index in [2.05, 4.69) is 22.5 Å². The number of aromatic carboxylic acids is 1. The van der Waals surface area contributed by atoms with Gasteiger partial charge in [0.05, 0.1) is 6.54 Å². The summed E-state index contributed by atoms with van der Waals surface area (Å²) in [6.07, 6.45) is 1.02. The minimum absolute atomic E-state index is 0.0167. The third-order valence-corrected chi connectivity index (χ3v) is 3.45. The predicted octanol–water partition coefficient (Wildman–Crippen LogP) is 1.05. The number of hydrogen-bond acceptors (Lipinski definition) is 4. The number of urea groups is 1. The minimum atomic E-state index is -1.05.